The number of hydrogen-bond donors (Lipinski definition) is 2. The Kier molecular flexibility index (Phi) is 14.2. The van der Waals surface area contributed by atoms with E-state index in [4.69, 9.17) is 33.0 Å². The van der Waals surface area contributed by atoms with Gasteiger partial charge >= 0.3 is 63.0 Å². The van der Waals surface area contributed by atoms with Crippen molar-refractivity contribution in [3.8, 4) is 5.75 Å². The second-order valence-electron chi connectivity index (χ2n) is 6.98. The number of methoxy groups -OCH3 is 1. The van der Waals surface area contributed by atoms with Crippen LogP contribution in [0.4, 0.5) is 17.1 Å². The molecule has 2 aromatic rings. The number of nitrogens with zero attached hydrogens (tertiary/aromatic N) is 2. The van der Waals surface area contributed by atoms with Crippen LogP contribution in [0.2, 0.25) is 10.0 Å². The molecule has 0 unspecified atom stereocenters. The minimum atomic E-state index is -1.16. The van der Waals surface area contributed by atoms with E-state index in [-0.39, 0.29) is 95.8 Å². The van der Waals surface area contributed by atoms with E-state index in [2.05, 4.69) is 5.32 Å². The molecule has 0 spiro atoms. The van der Waals surface area contributed by atoms with Crippen molar-refractivity contribution in [3.05, 3.63) is 65.2 Å². The van der Waals surface area contributed by atoms with Crippen molar-refractivity contribution >= 4 is 97.6 Å². The van der Waals surface area contributed by atoms with Gasteiger partial charge in [0.2, 0.25) is 0 Å². The number of anilines is 1. The molecule has 0 aliphatic heterocycles. The predicted octanol–water partition coefficient (Wildman–Crippen LogP) is 5.77. The van der Waals surface area contributed by atoms with Crippen molar-refractivity contribution in [2.75, 3.05) is 12.4 Å². The Hall–Kier alpha value is -1.47. The number of aromatic carboxylic acids is 1. The van der Waals surface area contributed by atoms with E-state index in [1.807, 2.05) is 13.8 Å². The van der Waals surface area contributed by atoms with Crippen LogP contribution in [0.3, 0.4) is 0 Å². The summed E-state index contributed by atoms with van der Waals surface area (Å²) in [6.07, 6.45) is 1.47. The number of ether oxygens (including phenoxy) is 1. The van der Waals surface area contributed by atoms with Gasteiger partial charge in [0.15, 0.2) is 11.4 Å². The standard InChI is InChI=1S/C13H19N3O4.C8H6Cl2O3.K.H/c1-5-10(6-2)14-12-11(15(17)18)7-8(3)9(4)13(12)16(19)20;1-13-7-5(10)3-2-4(9)6(7)8(11)12;;/h7,10,14H,5-6H2,1-4H3;2-3H,1H3,(H,11,12);;. The summed E-state index contributed by atoms with van der Waals surface area (Å²) in [5.74, 6) is -1.08. The molecule has 10 nitrogen and oxygen atoms in total. The van der Waals surface area contributed by atoms with Crippen LogP contribution < -0.4 is 10.1 Å². The summed E-state index contributed by atoms with van der Waals surface area (Å²) in [6.45, 7) is 7.10. The number of hydrogen-bond acceptors (Lipinski definition) is 7. The Morgan fingerprint density at radius 2 is 1.65 bits per heavy atom. The average molecular weight is 542 g/mol. The van der Waals surface area contributed by atoms with Gasteiger partial charge in [-0.15, -0.1) is 0 Å². The van der Waals surface area contributed by atoms with Crippen LogP contribution >= 0.6 is 23.2 Å². The molecule has 2 N–H and O–H groups in total. The number of rotatable bonds is 8. The third kappa shape index (κ3) is 8.04. The summed E-state index contributed by atoms with van der Waals surface area (Å²) in [5.41, 5.74) is 0.441. The predicted molar refractivity (Wildman–Crippen MR) is 134 cm³/mol. The van der Waals surface area contributed by atoms with Crippen molar-refractivity contribution < 1.29 is 24.5 Å². The van der Waals surface area contributed by atoms with Crippen molar-refractivity contribution in [1.82, 2.24) is 0 Å². The van der Waals surface area contributed by atoms with E-state index < -0.39 is 15.8 Å². The molecule has 0 saturated heterocycles. The van der Waals surface area contributed by atoms with Gasteiger partial charge in [-0.1, -0.05) is 37.0 Å². The van der Waals surface area contributed by atoms with Crippen LogP contribution in [-0.2, 0) is 0 Å². The normalized spacial score (nSPS) is 10.0. The van der Waals surface area contributed by atoms with Crippen LogP contribution in [0.1, 0.15) is 48.2 Å². The van der Waals surface area contributed by atoms with E-state index in [1.165, 1.54) is 25.3 Å². The molecule has 0 amide bonds. The number of nitro groups is 2. The third-order valence-corrected chi connectivity index (χ3v) is 5.60. The van der Waals surface area contributed by atoms with Crippen LogP contribution in [0.15, 0.2) is 18.2 Å². The van der Waals surface area contributed by atoms with Gasteiger partial charge in [0.25, 0.3) is 5.69 Å². The molecule has 0 fully saturated rings. The Morgan fingerprint density at radius 3 is 2.03 bits per heavy atom. The van der Waals surface area contributed by atoms with Gasteiger partial charge in [-0.2, -0.15) is 0 Å². The summed E-state index contributed by atoms with van der Waals surface area (Å²) in [4.78, 5) is 32.0. The summed E-state index contributed by atoms with van der Waals surface area (Å²) in [5, 5.41) is 34.5. The molecule has 0 bridgehead atoms. The third-order valence-electron chi connectivity index (χ3n) is 4.98. The molecule has 0 radical (unpaired) electrons. The molecule has 13 heteroatoms. The maximum absolute atomic E-state index is 11.3. The minimum absolute atomic E-state index is 0. The van der Waals surface area contributed by atoms with Crippen molar-refractivity contribution in [2.24, 2.45) is 0 Å². The second-order valence-corrected chi connectivity index (χ2v) is 7.79. The van der Waals surface area contributed by atoms with Gasteiger partial charge < -0.3 is 15.2 Å². The zero-order valence-electron chi connectivity index (χ0n) is 18.8. The first-order valence-corrected chi connectivity index (χ1v) is 10.6. The topological polar surface area (TPSA) is 145 Å². The zero-order chi connectivity index (χ0) is 25.5. The SMILES string of the molecule is CCC(CC)Nc1c([N+](=O)[O-])cc(C)c(C)c1[N+](=O)[O-].COc1c(Cl)ccc(Cl)c1C(=O)O.[KH]. The number of nitro benzene ring substituents is 2. The zero-order valence-corrected chi connectivity index (χ0v) is 20.3. The van der Waals surface area contributed by atoms with Crippen molar-refractivity contribution in [3.63, 3.8) is 0 Å². The van der Waals surface area contributed by atoms with E-state index in [0.29, 0.717) is 11.1 Å². The Balaban J connectivity index is 0.000000676. The van der Waals surface area contributed by atoms with Crippen LogP contribution in [-0.4, -0.2) is 85.5 Å². The molecule has 0 atom stereocenters. The fourth-order valence-electron chi connectivity index (χ4n) is 3.02. The molecule has 34 heavy (non-hydrogen) atoms. The van der Waals surface area contributed by atoms with E-state index in [1.54, 1.807) is 13.8 Å². The summed E-state index contributed by atoms with van der Waals surface area (Å²) in [7, 11) is 1.34. The van der Waals surface area contributed by atoms with Gasteiger partial charge in [0.1, 0.15) is 5.56 Å². The first kappa shape index (κ1) is 32.5. The van der Waals surface area contributed by atoms with E-state index >= 15 is 0 Å². The summed E-state index contributed by atoms with van der Waals surface area (Å²) in [6, 6.07) is 4.24. The van der Waals surface area contributed by atoms with Crippen molar-refractivity contribution in [1.29, 1.82) is 0 Å². The fourth-order valence-corrected chi connectivity index (χ4v) is 3.49. The Bertz CT molecular complexity index is 1060. The molecule has 0 aromatic heterocycles. The Morgan fingerprint density at radius 1 is 1.12 bits per heavy atom. The number of benzene rings is 2. The first-order chi connectivity index (χ1) is 15.4. The van der Waals surface area contributed by atoms with Crippen LogP contribution in [0.25, 0.3) is 0 Å². The maximum atomic E-state index is 11.3. The summed E-state index contributed by atoms with van der Waals surface area (Å²) >= 11 is 11.4. The molecule has 2 aromatic carbocycles. The number of carboxylic acids is 1. The molecule has 0 aliphatic rings. The van der Waals surface area contributed by atoms with Gasteiger partial charge in [0.05, 0.1) is 27.0 Å². The van der Waals surface area contributed by atoms with Gasteiger partial charge in [-0.05, 0) is 44.4 Å². The van der Waals surface area contributed by atoms with Crippen molar-refractivity contribution in [2.45, 2.75) is 46.6 Å². The first-order valence-electron chi connectivity index (χ1n) is 9.85. The van der Waals surface area contributed by atoms with Crippen LogP contribution in [0.5, 0.6) is 5.75 Å². The number of aryl methyl sites for hydroxylation is 1. The number of nitrogens with one attached hydrogen (secondary N) is 1. The molecule has 0 aliphatic carbocycles. The molecule has 0 saturated carbocycles. The average Bonchev–Trinajstić information content (AvgIpc) is 2.75. The van der Waals surface area contributed by atoms with Gasteiger partial charge in [0, 0.05) is 17.7 Å². The molecular formula is C21H26Cl2KN3O7. The molecule has 182 valence electrons. The molecule has 0 heterocycles. The van der Waals surface area contributed by atoms with Gasteiger partial charge in [-0.3, -0.25) is 20.2 Å². The number of halogens is 2. The van der Waals surface area contributed by atoms with E-state index in [9.17, 15) is 25.0 Å². The monoisotopic (exact) mass is 541 g/mol. The van der Waals surface area contributed by atoms with Crippen LogP contribution in [0, 0.1) is 34.1 Å². The quantitative estimate of drug-likeness (QED) is 0.243. The summed E-state index contributed by atoms with van der Waals surface area (Å²) < 4.78 is 4.82. The number of carbonyl (C=O) groups is 1. The molecule has 2 rings (SSSR count). The number of carboxylic acid groups (broad SMARTS) is 1. The van der Waals surface area contributed by atoms with E-state index in [0.717, 1.165) is 12.8 Å². The Labute approximate surface area is 249 Å². The fraction of sp³-hybridized carbons (Fsp3) is 0.381. The molecular weight excluding hydrogens is 516 g/mol. The second kappa shape index (κ2) is 14.8. The van der Waals surface area contributed by atoms with Gasteiger partial charge in [-0.25, -0.2) is 4.79 Å².